The zero-order chi connectivity index (χ0) is 13.7. The molecule has 0 fully saturated rings. The fourth-order valence-electron chi connectivity index (χ4n) is 2.18. The number of anilines is 1. The van der Waals surface area contributed by atoms with Gasteiger partial charge >= 0.3 is 0 Å². The molecule has 0 saturated heterocycles. The number of rotatable bonds is 6. The second kappa shape index (κ2) is 6.53. The lowest BCUT2D eigenvalue weighted by molar-refractivity contribution is 0.405. The fourth-order valence-corrected chi connectivity index (χ4v) is 2.18. The molecular weight excluding hydrogens is 234 g/mol. The number of hydrogen-bond donors (Lipinski definition) is 1. The zero-order valence-corrected chi connectivity index (χ0v) is 12.1. The number of para-hydroxylation sites is 1. The van der Waals surface area contributed by atoms with E-state index >= 15 is 0 Å². The van der Waals surface area contributed by atoms with Crippen LogP contribution >= 0.6 is 0 Å². The van der Waals surface area contributed by atoms with Gasteiger partial charge in [0.2, 0.25) is 0 Å². The van der Waals surface area contributed by atoms with Crippen LogP contribution in [0.3, 0.4) is 0 Å². The molecule has 102 valence electrons. The summed E-state index contributed by atoms with van der Waals surface area (Å²) in [4.78, 5) is 6.87. The number of hydrogen-bond acceptors (Lipinski definition) is 3. The lowest BCUT2D eigenvalue weighted by atomic mass is 10.1. The van der Waals surface area contributed by atoms with E-state index in [1.165, 1.54) is 11.1 Å². The molecule has 2 rings (SSSR count). The van der Waals surface area contributed by atoms with Crippen LogP contribution in [-0.4, -0.2) is 37.1 Å². The maximum Gasteiger partial charge on any atom is 0.0726 e. The van der Waals surface area contributed by atoms with Gasteiger partial charge in [0.05, 0.1) is 5.52 Å². The van der Waals surface area contributed by atoms with Crippen LogP contribution in [0, 0.1) is 0 Å². The van der Waals surface area contributed by atoms with Crippen LogP contribution < -0.4 is 5.32 Å². The Hall–Kier alpha value is -1.61. The summed E-state index contributed by atoms with van der Waals surface area (Å²) >= 11 is 0. The van der Waals surface area contributed by atoms with Crippen molar-refractivity contribution in [2.75, 3.05) is 32.5 Å². The van der Waals surface area contributed by atoms with Gasteiger partial charge in [-0.05, 0) is 45.6 Å². The molecule has 2 aromatic rings. The highest BCUT2D eigenvalue weighted by atomic mass is 15.1. The van der Waals surface area contributed by atoms with Gasteiger partial charge in [0.25, 0.3) is 0 Å². The van der Waals surface area contributed by atoms with E-state index in [0.717, 1.165) is 37.1 Å². The van der Waals surface area contributed by atoms with Crippen LogP contribution in [0.5, 0.6) is 0 Å². The van der Waals surface area contributed by atoms with Crippen LogP contribution in [-0.2, 0) is 6.42 Å². The predicted molar refractivity (Wildman–Crippen MR) is 82.8 cm³/mol. The Balaban J connectivity index is 2.16. The van der Waals surface area contributed by atoms with E-state index in [9.17, 15) is 0 Å². The summed E-state index contributed by atoms with van der Waals surface area (Å²) in [6.07, 6.45) is 2.11. The van der Waals surface area contributed by atoms with Gasteiger partial charge in [-0.2, -0.15) is 0 Å². The molecule has 0 radical (unpaired) electrons. The molecule has 3 heteroatoms. The molecule has 0 aliphatic rings. The molecule has 0 saturated carbocycles. The Kier molecular flexibility index (Phi) is 4.74. The van der Waals surface area contributed by atoms with Crippen molar-refractivity contribution >= 4 is 16.6 Å². The largest absolute Gasteiger partial charge is 0.384 e. The first-order chi connectivity index (χ1) is 9.20. The molecule has 0 atom stereocenters. The third-order valence-electron chi connectivity index (χ3n) is 3.23. The van der Waals surface area contributed by atoms with Crippen molar-refractivity contribution in [3.8, 4) is 0 Å². The van der Waals surface area contributed by atoms with E-state index < -0.39 is 0 Å². The van der Waals surface area contributed by atoms with Crippen molar-refractivity contribution in [3.05, 3.63) is 36.0 Å². The molecule has 0 spiro atoms. The Labute approximate surface area is 115 Å². The molecule has 1 heterocycles. The van der Waals surface area contributed by atoms with E-state index in [4.69, 9.17) is 0 Å². The van der Waals surface area contributed by atoms with Crippen molar-refractivity contribution in [2.45, 2.75) is 19.8 Å². The van der Waals surface area contributed by atoms with Gasteiger partial charge in [0.1, 0.15) is 0 Å². The van der Waals surface area contributed by atoms with Crippen LogP contribution in [0.25, 0.3) is 10.9 Å². The van der Waals surface area contributed by atoms with Gasteiger partial charge in [-0.3, -0.25) is 4.98 Å². The molecule has 0 aliphatic carbocycles. The summed E-state index contributed by atoms with van der Waals surface area (Å²) in [5, 5.41) is 4.76. The molecule has 0 aliphatic heterocycles. The molecular formula is C16H23N3. The average Bonchev–Trinajstić information content (AvgIpc) is 2.42. The summed E-state index contributed by atoms with van der Waals surface area (Å²) < 4.78 is 0. The molecule has 1 aromatic heterocycles. The second-order valence-electron chi connectivity index (χ2n) is 5.12. The van der Waals surface area contributed by atoms with Crippen molar-refractivity contribution in [3.63, 3.8) is 0 Å². The minimum Gasteiger partial charge on any atom is -0.384 e. The highest BCUT2D eigenvalue weighted by Gasteiger charge is 2.04. The summed E-state index contributed by atoms with van der Waals surface area (Å²) in [5.74, 6) is 0. The number of nitrogens with one attached hydrogen (secondary N) is 1. The van der Waals surface area contributed by atoms with Crippen LogP contribution in [0.15, 0.2) is 30.3 Å². The van der Waals surface area contributed by atoms with Crippen molar-refractivity contribution < 1.29 is 0 Å². The lowest BCUT2D eigenvalue weighted by Crippen LogP contribution is -2.16. The van der Waals surface area contributed by atoms with Gasteiger partial charge in [0.15, 0.2) is 0 Å². The van der Waals surface area contributed by atoms with Gasteiger partial charge in [0, 0.05) is 23.3 Å². The Morgan fingerprint density at radius 1 is 1.21 bits per heavy atom. The van der Waals surface area contributed by atoms with Crippen LogP contribution in [0.1, 0.15) is 19.0 Å². The third-order valence-corrected chi connectivity index (χ3v) is 3.23. The molecule has 3 nitrogen and oxygen atoms in total. The maximum atomic E-state index is 4.66. The van der Waals surface area contributed by atoms with Crippen molar-refractivity contribution in [1.82, 2.24) is 9.88 Å². The second-order valence-corrected chi connectivity index (χ2v) is 5.12. The third kappa shape index (κ3) is 3.67. The van der Waals surface area contributed by atoms with Gasteiger partial charge < -0.3 is 10.2 Å². The molecule has 0 bridgehead atoms. The fraction of sp³-hybridized carbons (Fsp3) is 0.438. The summed E-state index contributed by atoms with van der Waals surface area (Å²) in [6, 6.07) is 10.5. The average molecular weight is 257 g/mol. The van der Waals surface area contributed by atoms with Crippen molar-refractivity contribution in [1.29, 1.82) is 0 Å². The molecule has 0 unspecified atom stereocenters. The van der Waals surface area contributed by atoms with E-state index in [2.05, 4.69) is 60.5 Å². The number of benzene rings is 1. The quantitative estimate of drug-likeness (QED) is 0.806. The van der Waals surface area contributed by atoms with Crippen LogP contribution in [0.2, 0.25) is 0 Å². The van der Waals surface area contributed by atoms with Crippen LogP contribution in [0.4, 0.5) is 5.69 Å². The molecule has 19 heavy (non-hydrogen) atoms. The molecule has 1 aromatic carbocycles. The first-order valence-electron chi connectivity index (χ1n) is 6.98. The SMILES string of the molecule is CCc1cc(NCCCN(C)C)c2ccccc2n1. The number of fused-ring (bicyclic) bond motifs is 1. The van der Waals surface area contributed by atoms with E-state index in [1.807, 2.05) is 6.07 Å². The number of pyridine rings is 1. The van der Waals surface area contributed by atoms with E-state index in [1.54, 1.807) is 0 Å². The molecule has 0 amide bonds. The van der Waals surface area contributed by atoms with Gasteiger partial charge in [-0.1, -0.05) is 25.1 Å². The minimum atomic E-state index is 0.969. The highest BCUT2D eigenvalue weighted by Crippen LogP contribution is 2.23. The topological polar surface area (TPSA) is 28.2 Å². The normalized spacial score (nSPS) is 11.2. The lowest BCUT2D eigenvalue weighted by Gasteiger charge is -2.13. The maximum absolute atomic E-state index is 4.66. The highest BCUT2D eigenvalue weighted by molar-refractivity contribution is 5.91. The number of aryl methyl sites for hydroxylation is 1. The Morgan fingerprint density at radius 3 is 2.74 bits per heavy atom. The number of nitrogens with zero attached hydrogens (tertiary/aromatic N) is 2. The Bertz CT molecular complexity index is 535. The van der Waals surface area contributed by atoms with E-state index in [0.29, 0.717) is 0 Å². The van der Waals surface area contributed by atoms with Crippen molar-refractivity contribution in [2.24, 2.45) is 0 Å². The number of aromatic nitrogens is 1. The smallest absolute Gasteiger partial charge is 0.0726 e. The molecule has 1 N–H and O–H groups in total. The standard InChI is InChI=1S/C16H23N3/c1-4-13-12-16(17-10-7-11-19(2)3)14-8-5-6-9-15(14)18-13/h5-6,8-9,12H,4,7,10-11H2,1-3H3,(H,17,18). The van der Waals surface area contributed by atoms with Gasteiger partial charge in [-0.25, -0.2) is 0 Å². The minimum absolute atomic E-state index is 0.969. The zero-order valence-electron chi connectivity index (χ0n) is 12.1. The summed E-state index contributed by atoms with van der Waals surface area (Å²) in [5.41, 5.74) is 3.44. The monoisotopic (exact) mass is 257 g/mol. The summed E-state index contributed by atoms with van der Waals surface area (Å²) in [7, 11) is 4.22. The Morgan fingerprint density at radius 2 is 2.00 bits per heavy atom. The first-order valence-corrected chi connectivity index (χ1v) is 6.98. The summed E-state index contributed by atoms with van der Waals surface area (Å²) in [6.45, 7) is 4.25. The first kappa shape index (κ1) is 13.8. The van der Waals surface area contributed by atoms with E-state index in [-0.39, 0.29) is 0 Å². The predicted octanol–water partition coefficient (Wildman–Crippen LogP) is 3.16. The van der Waals surface area contributed by atoms with Gasteiger partial charge in [-0.15, -0.1) is 0 Å².